The summed E-state index contributed by atoms with van der Waals surface area (Å²) in [7, 11) is -3.56. The van der Waals surface area contributed by atoms with E-state index >= 15 is 0 Å². The monoisotopic (exact) mass is 360 g/mol. The molecule has 2 bridgehead atoms. The predicted molar refractivity (Wildman–Crippen MR) is 88.0 cm³/mol. The molecule has 128 valence electrons. The van der Waals surface area contributed by atoms with Gasteiger partial charge in [-0.1, -0.05) is 6.07 Å². The van der Waals surface area contributed by atoms with E-state index in [4.69, 9.17) is 9.47 Å². The normalized spacial score (nSPS) is 27.1. The summed E-state index contributed by atoms with van der Waals surface area (Å²) in [6.07, 6.45) is 3.06. The maximum absolute atomic E-state index is 13.1. The second-order valence-corrected chi connectivity index (χ2v) is 7.98. The molecule has 1 N–H and O–H groups in total. The molecule has 0 saturated carbocycles. The Morgan fingerprint density at radius 2 is 1.87 bits per heavy atom. The van der Waals surface area contributed by atoms with Crippen LogP contribution >= 0.6 is 12.4 Å². The lowest BCUT2D eigenvalue weighted by Crippen LogP contribution is -2.39. The van der Waals surface area contributed by atoms with Crippen molar-refractivity contribution in [2.24, 2.45) is 0 Å². The van der Waals surface area contributed by atoms with Crippen LogP contribution < -0.4 is 14.8 Å². The molecular formula is C15H21ClN2O4S. The number of sulfonamides is 1. The van der Waals surface area contributed by atoms with Crippen LogP contribution in [0.25, 0.3) is 0 Å². The van der Waals surface area contributed by atoms with Crippen molar-refractivity contribution >= 4 is 22.4 Å². The van der Waals surface area contributed by atoms with Gasteiger partial charge in [0.25, 0.3) is 0 Å². The Bertz CT molecular complexity index is 682. The fraction of sp³-hybridized carbons (Fsp3) is 0.600. The predicted octanol–water partition coefficient (Wildman–Crippen LogP) is 1.39. The lowest BCUT2D eigenvalue weighted by molar-refractivity contribution is 0.166. The lowest BCUT2D eigenvalue weighted by atomic mass is 10.1. The average Bonchev–Trinajstić information content (AvgIpc) is 2.85. The first kappa shape index (κ1) is 16.8. The Labute approximate surface area is 142 Å². The molecule has 0 aromatic heterocycles. The van der Waals surface area contributed by atoms with Crippen molar-refractivity contribution in [3.8, 4) is 11.5 Å². The molecule has 3 aliphatic heterocycles. The van der Waals surface area contributed by atoms with Crippen LogP contribution in [0.1, 0.15) is 19.3 Å². The van der Waals surface area contributed by atoms with Gasteiger partial charge >= 0.3 is 0 Å². The fourth-order valence-electron chi connectivity index (χ4n) is 3.52. The van der Waals surface area contributed by atoms with Crippen LogP contribution in [0.4, 0.5) is 0 Å². The van der Waals surface area contributed by atoms with Crippen molar-refractivity contribution in [1.82, 2.24) is 9.62 Å². The largest absolute Gasteiger partial charge is 0.486 e. The number of nitrogens with zero attached hydrogens (tertiary/aromatic N) is 1. The Morgan fingerprint density at radius 3 is 2.74 bits per heavy atom. The number of fused-ring (bicyclic) bond motifs is 3. The molecule has 0 radical (unpaired) electrons. The smallest absolute Gasteiger partial charge is 0.246 e. The topological polar surface area (TPSA) is 67.9 Å². The first-order valence-corrected chi connectivity index (χ1v) is 9.23. The summed E-state index contributed by atoms with van der Waals surface area (Å²) >= 11 is 0. The average molecular weight is 361 g/mol. The molecule has 3 heterocycles. The Balaban J connectivity index is 0.00000156. The van der Waals surface area contributed by atoms with Gasteiger partial charge in [-0.05, 0) is 31.4 Å². The van der Waals surface area contributed by atoms with E-state index in [9.17, 15) is 8.42 Å². The van der Waals surface area contributed by atoms with E-state index in [-0.39, 0.29) is 23.3 Å². The molecule has 6 nitrogen and oxygen atoms in total. The molecular weight excluding hydrogens is 340 g/mol. The van der Waals surface area contributed by atoms with Crippen molar-refractivity contribution in [2.45, 2.75) is 36.2 Å². The highest BCUT2D eigenvalue weighted by Gasteiger charge is 2.37. The summed E-state index contributed by atoms with van der Waals surface area (Å²) in [6.45, 7) is 1.92. The number of hydrogen-bond acceptors (Lipinski definition) is 5. The van der Waals surface area contributed by atoms with Gasteiger partial charge in [0.15, 0.2) is 11.5 Å². The minimum Gasteiger partial charge on any atom is -0.486 e. The quantitative estimate of drug-likeness (QED) is 0.863. The highest BCUT2D eigenvalue weighted by atomic mass is 35.5. The highest BCUT2D eigenvalue weighted by molar-refractivity contribution is 7.89. The van der Waals surface area contributed by atoms with Gasteiger partial charge in [0.2, 0.25) is 10.0 Å². The van der Waals surface area contributed by atoms with Crippen LogP contribution in [0.3, 0.4) is 0 Å². The van der Waals surface area contributed by atoms with Crippen molar-refractivity contribution in [1.29, 1.82) is 0 Å². The fourth-order valence-corrected chi connectivity index (χ4v) is 5.16. The molecule has 0 aliphatic carbocycles. The van der Waals surface area contributed by atoms with E-state index in [2.05, 4.69) is 5.32 Å². The first-order chi connectivity index (χ1) is 10.6. The van der Waals surface area contributed by atoms with E-state index in [1.54, 1.807) is 22.5 Å². The zero-order chi connectivity index (χ0) is 15.2. The summed E-state index contributed by atoms with van der Waals surface area (Å²) in [4.78, 5) is 0.225. The molecule has 2 fully saturated rings. The van der Waals surface area contributed by atoms with E-state index in [0.29, 0.717) is 43.8 Å². The van der Waals surface area contributed by atoms with Gasteiger partial charge < -0.3 is 14.8 Å². The van der Waals surface area contributed by atoms with Crippen LogP contribution in [-0.4, -0.2) is 51.1 Å². The van der Waals surface area contributed by atoms with Crippen LogP contribution in [0.5, 0.6) is 11.5 Å². The highest BCUT2D eigenvalue weighted by Crippen LogP contribution is 2.38. The third-order valence-electron chi connectivity index (χ3n) is 4.63. The number of benzene rings is 1. The number of ether oxygens (including phenoxy) is 2. The number of para-hydroxylation sites is 1. The van der Waals surface area contributed by atoms with Crippen molar-refractivity contribution < 1.29 is 17.9 Å². The minimum absolute atomic E-state index is 0. The van der Waals surface area contributed by atoms with Crippen LogP contribution in [-0.2, 0) is 10.0 Å². The van der Waals surface area contributed by atoms with E-state index < -0.39 is 10.0 Å². The van der Waals surface area contributed by atoms with Gasteiger partial charge in [-0.25, -0.2) is 8.42 Å². The maximum Gasteiger partial charge on any atom is 0.246 e. The summed E-state index contributed by atoms with van der Waals surface area (Å²) in [6, 6.07) is 5.79. The van der Waals surface area contributed by atoms with Gasteiger partial charge in [-0.3, -0.25) is 0 Å². The Hall–Kier alpha value is -1.02. The second kappa shape index (κ2) is 6.47. The van der Waals surface area contributed by atoms with Crippen molar-refractivity contribution in [3.05, 3.63) is 18.2 Å². The Kier molecular flexibility index (Phi) is 4.73. The lowest BCUT2D eigenvalue weighted by Gasteiger charge is -2.26. The summed E-state index contributed by atoms with van der Waals surface area (Å²) in [5, 5.41) is 3.51. The van der Waals surface area contributed by atoms with Crippen LogP contribution in [0.15, 0.2) is 23.1 Å². The molecule has 2 unspecified atom stereocenters. The molecule has 4 rings (SSSR count). The molecule has 2 atom stereocenters. The van der Waals surface area contributed by atoms with Crippen LogP contribution in [0.2, 0.25) is 0 Å². The maximum atomic E-state index is 13.1. The third kappa shape index (κ3) is 3.03. The second-order valence-electron chi connectivity index (χ2n) is 6.07. The minimum atomic E-state index is -3.56. The van der Waals surface area contributed by atoms with Crippen molar-refractivity contribution in [3.63, 3.8) is 0 Å². The van der Waals surface area contributed by atoms with Crippen molar-refractivity contribution in [2.75, 3.05) is 26.3 Å². The van der Waals surface area contributed by atoms with Crippen LogP contribution in [0, 0.1) is 0 Å². The number of nitrogens with one attached hydrogen (secondary N) is 1. The SMILES string of the molecule is Cl.O=S(=O)(c1cccc2c1OCCO2)N1CCC2CCC(C1)N2. The van der Waals surface area contributed by atoms with Gasteiger partial charge in [0.1, 0.15) is 18.1 Å². The molecule has 3 aliphatic rings. The zero-order valence-corrected chi connectivity index (χ0v) is 14.4. The molecule has 2 saturated heterocycles. The third-order valence-corrected chi connectivity index (χ3v) is 6.52. The van der Waals surface area contributed by atoms with Gasteiger partial charge in [0, 0.05) is 25.2 Å². The van der Waals surface area contributed by atoms with E-state index in [1.165, 1.54) is 0 Å². The standard InChI is InChI=1S/C15H20N2O4S.ClH/c18-22(19,17-7-6-11-4-5-12(10-17)16-11)14-3-1-2-13-15(14)21-9-8-20-13;/h1-3,11-12,16H,4-10H2;1H. The summed E-state index contributed by atoms with van der Waals surface area (Å²) in [5.74, 6) is 0.873. The summed E-state index contributed by atoms with van der Waals surface area (Å²) in [5.41, 5.74) is 0. The zero-order valence-electron chi connectivity index (χ0n) is 12.7. The van der Waals surface area contributed by atoms with Gasteiger partial charge in [0.05, 0.1) is 0 Å². The molecule has 23 heavy (non-hydrogen) atoms. The van der Waals surface area contributed by atoms with E-state index in [0.717, 1.165) is 19.3 Å². The first-order valence-electron chi connectivity index (χ1n) is 7.79. The van der Waals surface area contributed by atoms with Gasteiger partial charge in [-0.2, -0.15) is 4.31 Å². The number of halogens is 1. The molecule has 1 aromatic rings. The van der Waals surface area contributed by atoms with E-state index in [1.807, 2.05) is 0 Å². The molecule has 1 aromatic carbocycles. The molecule has 0 spiro atoms. The molecule has 0 amide bonds. The Morgan fingerprint density at radius 1 is 1.09 bits per heavy atom. The van der Waals surface area contributed by atoms with Gasteiger partial charge in [-0.15, -0.1) is 12.4 Å². The number of hydrogen-bond donors (Lipinski definition) is 1. The summed E-state index contributed by atoms with van der Waals surface area (Å²) < 4.78 is 38.8. The number of rotatable bonds is 2. The molecule has 8 heteroatoms.